The van der Waals surface area contributed by atoms with E-state index >= 15 is 0 Å². The molecule has 1 aromatic rings. The maximum absolute atomic E-state index is 4.62. The lowest BCUT2D eigenvalue weighted by molar-refractivity contribution is 0.392. The molecule has 0 radical (unpaired) electrons. The number of nitrogens with one attached hydrogen (secondary N) is 1. The lowest BCUT2D eigenvalue weighted by Gasteiger charge is -2.34. The summed E-state index contributed by atoms with van der Waals surface area (Å²) in [4.78, 5) is 7.04. The highest BCUT2D eigenvalue weighted by Crippen LogP contribution is 2.23. The molecule has 0 saturated carbocycles. The molecular formula is C15H24BrN3. The van der Waals surface area contributed by atoms with Gasteiger partial charge in [0, 0.05) is 29.3 Å². The Kier molecular flexibility index (Phi) is 5.22. The Balaban J connectivity index is 2.14. The van der Waals surface area contributed by atoms with Gasteiger partial charge in [0.05, 0.1) is 0 Å². The van der Waals surface area contributed by atoms with Crippen molar-refractivity contribution in [2.75, 3.05) is 18.0 Å². The number of hydrogen-bond donors (Lipinski definition) is 1. The summed E-state index contributed by atoms with van der Waals surface area (Å²) in [5, 5.41) is 3.63. The Morgan fingerprint density at radius 2 is 2.26 bits per heavy atom. The van der Waals surface area contributed by atoms with Crippen LogP contribution in [0.3, 0.4) is 0 Å². The first-order valence-corrected chi connectivity index (χ1v) is 7.99. The van der Waals surface area contributed by atoms with Crippen molar-refractivity contribution in [3.8, 4) is 0 Å². The van der Waals surface area contributed by atoms with Crippen molar-refractivity contribution < 1.29 is 0 Å². The van der Waals surface area contributed by atoms with Gasteiger partial charge in [-0.25, -0.2) is 4.98 Å². The molecule has 1 saturated heterocycles. The number of nitrogens with zero attached hydrogens (tertiary/aromatic N) is 2. The fraction of sp³-hybridized carbons (Fsp3) is 0.667. The molecule has 2 rings (SSSR count). The Morgan fingerprint density at radius 3 is 2.84 bits per heavy atom. The molecule has 1 N–H and O–H groups in total. The second-order valence-corrected chi connectivity index (χ2v) is 6.60. The summed E-state index contributed by atoms with van der Waals surface area (Å²) in [6.07, 6.45) is 5.83. The van der Waals surface area contributed by atoms with E-state index in [0.717, 1.165) is 23.4 Å². The molecule has 4 heteroatoms. The molecular weight excluding hydrogens is 302 g/mol. The average Bonchev–Trinajstić information content (AvgIpc) is 2.38. The molecule has 3 nitrogen and oxygen atoms in total. The lowest BCUT2D eigenvalue weighted by Crippen LogP contribution is -2.46. The topological polar surface area (TPSA) is 28.2 Å². The number of aromatic nitrogens is 1. The van der Waals surface area contributed by atoms with Gasteiger partial charge in [0.1, 0.15) is 5.82 Å². The van der Waals surface area contributed by atoms with E-state index in [0.29, 0.717) is 12.1 Å². The normalized spacial score (nSPS) is 19.7. The lowest BCUT2D eigenvalue weighted by atomic mass is 10.0. The first kappa shape index (κ1) is 14.8. The molecule has 1 aliphatic heterocycles. The van der Waals surface area contributed by atoms with E-state index in [9.17, 15) is 0 Å². The SMILES string of the molecule is Cc1cc(Br)cnc1N(CC1CCCCN1)C(C)C. The highest BCUT2D eigenvalue weighted by atomic mass is 79.9. The van der Waals surface area contributed by atoms with Crippen molar-refractivity contribution in [1.29, 1.82) is 0 Å². The number of aryl methyl sites for hydroxylation is 1. The summed E-state index contributed by atoms with van der Waals surface area (Å²) < 4.78 is 1.05. The maximum atomic E-state index is 4.62. The smallest absolute Gasteiger partial charge is 0.131 e. The van der Waals surface area contributed by atoms with Crippen molar-refractivity contribution in [3.63, 3.8) is 0 Å². The van der Waals surface area contributed by atoms with Gasteiger partial charge in [-0.15, -0.1) is 0 Å². The van der Waals surface area contributed by atoms with Crippen LogP contribution >= 0.6 is 15.9 Å². The summed E-state index contributed by atoms with van der Waals surface area (Å²) in [7, 11) is 0. The van der Waals surface area contributed by atoms with Crippen LogP contribution in [0.5, 0.6) is 0 Å². The van der Waals surface area contributed by atoms with Crippen LogP contribution in [0.2, 0.25) is 0 Å². The van der Waals surface area contributed by atoms with Crippen LogP contribution in [0.15, 0.2) is 16.7 Å². The van der Waals surface area contributed by atoms with Gasteiger partial charge < -0.3 is 10.2 Å². The molecule has 0 bridgehead atoms. The first-order chi connectivity index (χ1) is 9.08. The molecule has 1 unspecified atom stereocenters. The van der Waals surface area contributed by atoms with Crippen molar-refractivity contribution in [2.24, 2.45) is 0 Å². The summed E-state index contributed by atoms with van der Waals surface area (Å²) >= 11 is 3.49. The summed E-state index contributed by atoms with van der Waals surface area (Å²) in [6, 6.07) is 3.21. The summed E-state index contributed by atoms with van der Waals surface area (Å²) in [5.74, 6) is 1.12. The number of piperidine rings is 1. The Morgan fingerprint density at radius 1 is 1.47 bits per heavy atom. The minimum Gasteiger partial charge on any atom is -0.352 e. The fourth-order valence-electron chi connectivity index (χ4n) is 2.69. The predicted octanol–water partition coefficient (Wildman–Crippen LogP) is 3.51. The second kappa shape index (κ2) is 6.71. The van der Waals surface area contributed by atoms with E-state index in [1.807, 2.05) is 6.20 Å². The van der Waals surface area contributed by atoms with Crippen LogP contribution < -0.4 is 10.2 Å². The fourth-order valence-corrected chi connectivity index (χ4v) is 3.14. The summed E-state index contributed by atoms with van der Waals surface area (Å²) in [5.41, 5.74) is 1.24. The molecule has 0 aromatic carbocycles. The van der Waals surface area contributed by atoms with E-state index in [2.05, 4.69) is 58.0 Å². The zero-order valence-corrected chi connectivity index (χ0v) is 13.7. The van der Waals surface area contributed by atoms with Gasteiger partial charge in [0.2, 0.25) is 0 Å². The average molecular weight is 326 g/mol. The highest BCUT2D eigenvalue weighted by molar-refractivity contribution is 9.10. The van der Waals surface area contributed by atoms with Gasteiger partial charge in [-0.2, -0.15) is 0 Å². The molecule has 106 valence electrons. The number of rotatable bonds is 4. The van der Waals surface area contributed by atoms with Gasteiger partial charge in [-0.3, -0.25) is 0 Å². The third-order valence-corrected chi connectivity index (χ3v) is 4.18. The van der Waals surface area contributed by atoms with Crippen molar-refractivity contribution in [2.45, 2.75) is 52.1 Å². The van der Waals surface area contributed by atoms with Gasteiger partial charge in [-0.05, 0) is 67.7 Å². The maximum Gasteiger partial charge on any atom is 0.131 e. The zero-order valence-electron chi connectivity index (χ0n) is 12.1. The number of hydrogen-bond acceptors (Lipinski definition) is 3. The Labute approximate surface area is 124 Å². The molecule has 0 spiro atoms. The third-order valence-electron chi connectivity index (χ3n) is 3.74. The van der Waals surface area contributed by atoms with Crippen LogP contribution in [0.1, 0.15) is 38.7 Å². The number of anilines is 1. The van der Waals surface area contributed by atoms with Crippen LogP contribution in [0.25, 0.3) is 0 Å². The van der Waals surface area contributed by atoms with E-state index in [-0.39, 0.29) is 0 Å². The van der Waals surface area contributed by atoms with Gasteiger partial charge in [0.15, 0.2) is 0 Å². The molecule has 2 heterocycles. The molecule has 0 aliphatic carbocycles. The standard InChI is InChI=1S/C15H24BrN3/c1-11(2)19(10-14-6-4-5-7-17-14)15-12(3)8-13(16)9-18-15/h8-9,11,14,17H,4-7,10H2,1-3H3. The van der Waals surface area contributed by atoms with Crippen LogP contribution in [0, 0.1) is 6.92 Å². The molecule has 1 aromatic heterocycles. The minimum absolute atomic E-state index is 0.469. The molecule has 0 amide bonds. The number of pyridine rings is 1. The molecule has 1 aliphatic rings. The quantitative estimate of drug-likeness (QED) is 0.918. The van der Waals surface area contributed by atoms with Crippen molar-refractivity contribution in [3.05, 3.63) is 22.3 Å². The number of halogens is 1. The Bertz CT molecular complexity index is 414. The highest BCUT2D eigenvalue weighted by Gasteiger charge is 2.20. The van der Waals surface area contributed by atoms with Crippen LogP contribution in [0.4, 0.5) is 5.82 Å². The second-order valence-electron chi connectivity index (χ2n) is 5.69. The van der Waals surface area contributed by atoms with Crippen LogP contribution in [-0.2, 0) is 0 Å². The van der Waals surface area contributed by atoms with Crippen molar-refractivity contribution in [1.82, 2.24) is 10.3 Å². The molecule has 1 fully saturated rings. The van der Waals surface area contributed by atoms with Gasteiger partial charge >= 0.3 is 0 Å². The minimum atomic E-state index is 0.469. The Hall–Kier alpha value is -0.610. The van der Waals surface area contributed by atoms with Crippen LogP contribution in [-0.4, -0.2) is 30.2 Å². The van der Waals surface area contributed by atoms with E-state index in [1.165, 1.54) is 24.8 Å². The molecule has 1 atom stereocenters. The van der Waals surface area contributed by atoms with E-state index in [1.54, 1.807) is 0 Å². The first-order valence-electron chi connectivity index (χ1n) is 7.20. The van der Waals surface area contributed by atoms with Gasteiger partial charge in [0.25, 0.3) is 0 Å². The van der Waals surface area contributed by atoms with Gasteiger partial charge in [-0.1, -0.05) is 6.42 Å². The molecule has 19 heavy (non-hydrogen) atoms. The van der Waals surface area contributed by atoms with Crippen molar-refractivity contribution >= 4 is 21.7 Å². The third kappa shape index (κ3) is 3.93. The largest absolute Gasteiger partial charge is 0.352 e. The summed E-state index contributed by atoms with van der Waals surface area (Å²) in [6.45, 7) is 8.82. The van der Waals surface area contributed by atoms with E-state index < -0.39 is 0 Å². The van der Waals surface area contributed by atoms with E-state index in [4.69, 9.17) is 0 Å². The predicted molar refractivity (Wildman–Crippen MR) is 84.8 cm³/mol. The zero-order chi connectivity index (χ0) is 13.8. The monoisotopic (exact) mass is 325 g/mol.